The fourth-order valence-electron chi connectivity index (χ4n) is 2.43. The molecule has 1 saturated heterocycles. The quantitative estimate of drug-likeness (QED) is 0.906. The van der Waals surface area contributed by atoms with Crippen LogP contribution in [-0.2, 0) is 0 Å². The lowest BCUT2D eigenvalue weighted by Gasteiger charge is -2.27. The Hall–Kier alpha value is -1.49. The molecule has 0 spiro atoms. The van der Waals surface area contributed by atoms with Crippen LogP contribution >= 0.6 is 0 Å². The molecule has 0 radical (unpaired) electrons. The monoisotopic (exact) mass is 265 g/mol. The zero-order valence-corrected chi connectivity index (χ0v) is 11.6. The Morgan fingerprint density at radius 2 is 2.32 bits per heavy atom. The van der Waals surface area contributed by atoms with E-state index in [1.165, 1.54) is 18.3 Å². The van der Waals surface area contributed by atoms with Gasteiger partial charge >= 0.3 is 0 Å². The maximum Gasteiger partial charge on any atom is 0.273 e. The SMILES string of the molecule is CC(C)N1CCC(C)(NC(=O)c2ncccc2F)C1. The second-order valence-electron chi connectivity index (χ2n) is 5.66. The minimum absolute atomic E-state index is 0.133. The van der Waals surface area contributed by atoms with Gasteiger partial charge in [-0.15, -0.1) is 0 Å². The first-order valence-corrected chi connectivity index (χ1v) is 6.58. The number of halogens is 1. The molecular formula is C14H20FN3O. The second-order valence-corrected chi connectivity index (χ2v) is 5.66. The standard InChI is InChI=1S/C14H20FN3O/c1-10(2)18-8-6-14(3,9-18)17-13(19)12-11(15)5-4-7-16-12/h4-5,7,10H,6,8-9H2,1-3H3,(H,17,19). The fraction of sp³-hybridized carbons (Fsp3) is 0.571. The van der Waals surface area contributed by atoms with Gasteiger partial charge in [-0.25, -0.2) is 9.37 Å². The minimum Gasteiger partial charge on any atom is -0.344 e. The van der Waals surface area contributed by atoms with Gasteiger partial charge in [0.25, 0.3) is 5.91 Å². The summed E-state index contributed by atoms with van der Waals surface area (Å²) in [6.45, 7) is 7.98. The summed E-state index contributed by atoms with van der Waals surface area (Å²) in [5, 5.41) is 2.91. The number of rotatable bonds is 3. The molecule has 1 aliphatic heterocycles. The molecule has 5 heteroatoms. The first-order valence-electron chi connectivity index (χ1n) is 6.58. The van der Waals surface area contributed by atoms with Crippen molar-refractivity contribution in [2.45, 2.75) is 38.8 Å². The van der Waals surface area contributed by atoms with Crippen LogP contribution in [-0.4, -0.2) is 40.5 Å². The summed E-state index contributed by atoms with van der Waals surface area (Å²) in [7, 11) is 0. The first kappa shape index (κ1) is 13.9. The predicted molar refractivity (Wildman–Crippen MR) is 71.4 cm³/mol. The number of carbonyl (C=O) groups excluding carboxylic acids is 1. The van der Waals surface area contributed by atoms with E-state index in [1.54, 1.807) is 0 Å². The number of hydrogen-bond donors (Lipinski definition) is 1. The zero-order chi connectivity index (χ0) is 14.0. The number of pyridine rings is 1. The number of hydrogen-bond acceptors (Lipinski definition) is 3. The number of likely N-dealkylation sites (tertiary alicyclic amines) is 1. The molecule has 1 atom stereocenters. The van der Waals surface area contributed by atoms with Gasteiger partial charge in [-0.2, -0.15) is 0 Å². The van der Waals surface area contributed by atoms with Gasteiger partial charge in [0.05, 0.1) is 5.54 Å². The predicted octanol–water partition coefficient (Wildman–Crippen LogP) is 1.82. The summed E-state index contributed by atoms with van der Waals surface area (Å²) >= 11 is 0. The van der Waals surface area contributed by atoms with Crippen molar-refractivity contribution in [1.82, 2.24) is 15.2 Å². The van der Waals surface area contributed by atoms with Crippen LogP contribution in [0.15, 0.2) is 18.3 Å². The van der Waals surface area contributed by atoms with Crippen molar-refractivity contribution >= 4 is 5.91 Å². The molecule has 1 fully saturated rings. The molecule has 1 aliphatic rings. The number of carbonyl (C=O) groups is 1. The fourth-order valence-corrected chi connectivity index (χ4v) is 2.43. The molecular weight excluding hydrogens is 245 g/mol. The third kappa shape index (κ3) is 3.10. The highest BCUT2D eigenvalue weighted by Crippen LogP contribution is 2.23. The lowest BCUT2D eigenvalue weighted by molar-refractivity contribution is 0.0896. The average molecular weight is 265 g/mol. The van der Waals surface area contributed by atoms with E-state index in [-0.39, 0.29) is 11.2 Å². The summed E-state index contributed by atoms with van der Waals surface area (Å²) < 4.78 is 13.5. The van der Waals surface area contributed by atoms with E-state index < -0.39 is 11.7 Å². The van der Waals surface area contributed by atoms with Gasteiger partial charge in [0.2, 0.25) is 0 Å². The van der Waals surface area contributed by atoms with Crippen LogP contribution in [0.1, 0.15) is 37.7 Å². The largest absolute Gasteiger partial charge is 0.344 e. The average Bonchev–Trinajstić information content (AvgIpc) is 2.72. The lowest BCUT2D eigenvalue weighted by Crippen LogP contribution is -2.49. The third-order valence-corrected chi connectivity index (χ3v) is 3.62. The van der Waals surface area contributed by atoms with Gasteiger partial charge in [-0.05, 0) is 39.3 Å². The Morgan fingerprint density at radius 1 is 1.58 bits per heavy atom. The van der Waals surface area contributed by atoms with Crippen LogP contribution in [0.2, 0.25) is 0 Å². The lowest BCUT2D eigenvalue weighted by atomic mass is 10.0. The van der Waals surface area contributed by atoms with Crippen molar-refractivity contribution in [2.75, 3.05) is 13.1 Å². The summed E-state index contributed by atoms with van der Waals surface area (Å²) in [5.41, 5.74) is -0.447. The molecule has 1 aromatic rings. The molecule has 1 N–H and O–H groups in total. The molecule has 0 aliphatic carbocycles. The van der Waals surface area contributed by atoms with Gasteiger partial charge < -0.3 is 5.32 Å². The van der Waals surface area contributed by atoms with E-state index in [4.69, 9.17) is 0 Å². The van der Waals surface area contributed by atoms with Gasteiger partial charge in [0.15, 0.2) is 11.5 Å². The highest BCUT2D eigenvalue weighted by molar-refractivity contribution is 5.93. The van der Waals surface area contributed by atoms with Crippen molar-refractivity contribution in [3.63, 3.8) is 0 Å². The van der Waals surface area contributed by atoms with E-state index in [1.807, 2.05) is 6.92 Å². The summed E-state index contributed by atoms with van der Waals surface area (Å²) in [5.74, 6) is -1.02. The number of amides is 1. The van der Waals surface area contributed by atoms with Crippen molar-refractivity contribution in [3.05, 3.63) is 29.8 Å². The molecule has 1 amide bonds. The van der Waals surface area contributed by atoms with E-state index in [2.05, 4.69) is 29.0 Å². The topological polar surface area (TPSA) is 45.2 Å². The number of aromatic nitrogens is 1. The van der Waals surface area contributed by atoms with Crippen LogP contribution in [0.5, 0.6) is 0 Å². The molecule has 19 heavy (non-hydrogen) atoms. The molecule has 2 heterocycles. The van der Waals surface area contributed by atoms with Crippen LogP contribution in [0.25, 0.3) is 0 Å². The normalized spacial score (nSPS) is 23.8. The molecule has 2 rings (SSSR count). The molecule has 0 aromatic carbocycles. The summed E-state index contributed by atoms with van der Waals surface area (Å²) in [6, 6.07) is 3.17. The molecule has 1 aromatic heterocycles. The Balaban J connectivity index is 2.06. The van der Waals surface area contributed by atoms with Crippen molar-refractivity contribution in [3.8, 4) is 0 Å². The van der Waals surface area contributed by atoms with Crippen molar-refractivity contribution in [2.24, 2.45) is 0 Å². The molecule has 104 valence electrons. The van der Waals surface area contributed by atoms with Crippen molar-refractivity contribution < 1.29 is 9.18 Å². The van der Waals surface area contributed by atoms with Crippen molar-refractivity contribution in [1.29, 1.82) is 0 Å². The number of nitrogens with one attached hydrogen (secondary N) is 1. The summed E-state index contributed by atoms with van der Waals surface area (Å²) in [4.78, 5) is 18.2. The zero-order valence-electron chi connectivity index (χ0n) is 11.6. The van der Waals surface area contributed by atoms with Crippen LogP contribution in [0, 0.1) is 5.82 Å². The van der Waals surface area contributed by atoms with Crippen LogP contribution < -0.4 is 5.32 Å². The maximum atomic E-state index is 13.5. The molecule has 0 bridgehead atoms. The van der Waals surface area contributed by atoms with Gasteiger partial charge in [-0.1, -0.05) is 0 Å². The van der Waals surface area contributed by atoms with E-state index >= 15 is 0 Å². The highest BCUT2D eigenvalue weighted by atomic mass is 19.1. The second kappa shape index (κ2) is 5.25. The molecule has 0 saturated carbocycles. The Kier molecular flexibility index (Phi) is 3.85. The molecule has 4 nitrogen and oxygen atoms in total. The Bertz CT molecular complexity index is 478. The van der Waals surface area contributed by atoms with E-state index in [0.717, 1.165) is 19.5 Å². The molecule has 1 unspecified atom stereocenters. The van der Waals surface area contributed by atoms with Gasteiger partial charge in [0.1, 0.15) is 0 Å². The maximum absolute atomic E-state index is 13.5. The summed E-state index contributed by atoms with van der Waals surface area (Å²) in [6.07, 6.45) is 2.29. The van der Waals surface area contributed by atoms with Gasteiger partial charge in [-0.3, -0.25) is 9.69 Å². The van der Waals surface area contributed by atoms with E-state index in [0.29, 0.717) is 6.04 Å². The minimum atomic E-state index is -0.581. The van der Waals surface area contributed by atoms with Gasteiger partial charge in [0, 0.05) is 25.3 Å². The Labute approximate surface area is 113 Å². The van der Waals surface area contributed by atoms with Crippen LogP contribution in [0.4, 0.5) is 4.39 Å². The number of nitrogens with zero attached hydrogens (tertiary/aromatic N) is 2. The smallest absolute Gasteiger partial charge is 0.273 e. The van der Waals surface area contributed by atoms with E-state index in [9.17, 15) is 9.18 Å². The third-order valence-electron chi connectivity index (χ3n) is 3.62. The first-order chi connectivity index (χ1) is 8.91. The van der Waals surface area contributed by atoms with Crippen LogP contribution in [0.3, 0.4) is 0 Å². The highest BCUT2D eigenvalue weighted by Gasteiger charge is 2.36. The Morgan fingerprint density at radius 3 is 2.89 bits per heavy atom.